The molecular formula is C14H20N2O2. The maximum atomic E-state index is 11.9. The van der Waals surface area contributed by atoms with Gasteiger partial charge in [0.25, 0.3) is 0 Å². The van der Waals surface area contributed by atoms with Crippen molar-refractivity contribution >= 4 is 11.7 Å². The Bertz CT molecular complexity index is 446. The van der Waals surface area contributed by atoms with Crippen molar-refractivity contribution in [3.63, 3.8) is 0 Å². The molecule has 1 saturated carbocycles. The standard InChI is InChI=1S/C14H20N2O2/c1-3-4-13(17)11-7-8-16(9-11)10-14(18)15(2)12-5-6-12/h7-9,12H,3-6,10H2,1-2H3. The van der Waals surface area contributed by atoms with Crippen LogP contribution >= 0.6 is 0 Å². The van der Waals surface area contributed by atoms with Crippen molar-refractivity contribution in [3.05, 3.63) is 24.0 Å². The third-order valence-electron chi connectivity index (χ3n) is 3.36. The SMILES string of the molecule is CCCC(=O)c1ccn(CC(=O)N(C)C2CC2)c1. The van der Waals surface area contributed by atoms with Crippen LogP contribution in [-0.2, 0) is 11.3 Å². The molecule has 2 rings (SSSR count). The number of carbonyl (C=O) groups is 2. The Morgan fingerprint density at radius 1 is 1.44 bits per heavy atom. The lowest BCUT2D eigenvalue weighted by Crippen LogP contribution is -2.31. The van der Waals surface area contributed by atoms with Gasteiger partial charge >= 0.3 is 0 Å². The molecule has 0 spiro atoms. The van der Waals surface area contributed by atoms with Gasteiger partial charge in [-0.25, -0.2) is 0 Å². The molecule has 1 aromatic heterocycles. The van der Waals surface area contributed by atoms with Gasteiger partial charge in [0, 0.05) is 37.5 Å². The second-order valence-electron chi connectivity index (χ2n) is 4.98. The normalized spacial score (nSPS) is 14.6. The zero-order valence-corrected chi connectivity index (χ0v) is 11.1. The highest BCUT2D eigenvalue weighted by Crippen LogP contribution is 2.25. The van der Waals surface area contributed by atoms with Gasteiger partial charge in [0.1, 0.15) is 6.54 Å². The maximum absolute atomic E-state index is 11.9. The highest BCUT2D eigenvalue weighted by Gasteiger charge is 2.29. The molecule has 0 aliphatic heterocycles. The van der Waals surface area contributed by atoms with Crippen molar-refractivity contribution < 1.29 is 9.59 Å². The summed E-state index contributed by atoms with van der Waals surface area (Å²) in [6.07, 6.45) is 7.24. The molecular weight excluding hydrogens is 228 g/mol. The Labute approximate surface area is 108 Å². The summed E-state index contributed by atoms with van der Waals surface area (Å²) in [4.78, 5) is 25.4. The van der Waals surface area contributed by atoms with Crippen LogP contribution in [0.5, 0.6) is 0 Å². The van der Waals surface area contributed by atoms with Crippen molar-refractivity contribution in [2.75, 3.05) is 7.05 Å². The van der Waals surface area contributed by atoms with Gasteiger partial charge in [-0.05, 0) is 25.3 Å². The molecule has 4 nitrogen and oxygen atoms in total. The van der Waals surface area contributed by atoms with E-state index in [1.807, 2.05) is 25.1 Å². The summed E-state index contributed by atoms with van der Waals surface area (Å²) < 4.78 is 1.80. The van der Waals surface area contributed by atoms with Crippen LogP contribution in [0, 0.1) is 0 Å². The smallest absolute Gasteiger partial charge is 0.242 e. The summed E-state index contributed by atoms with van der Waals surface area (Å²) in [5.74, 6) is 0.266. The minimum atomic E-state index is 0.114. The number of hydrogen-bond acceptors (Lipinski definition) is 2. The second kappa shape index (κ2) is 5.38. The van der Waals surface area contributed by atoms with Crippen LogP contribution in [0.3, 0.4) is 0 Å². The summed E-state index contributed by atoms with van der Waals surface area (Å²) in [7, 11) is 1.85. The lowest BCUT2D eigenvalue weighted by molar-refractivity contribution is -0.131. The predicted octanol–water partition coefficient (Wildman–Crippen LogP) is 2.09. The van der Waals surface area contributed by atoms with E-state index in [-0.39, 0.29) is 11.7 Å². The van der Waals surface area contributed by atoms with Crippen molar-refractivity contribution in [1.29, 1.82) is 0 Å². The second-order valence-corrected chi connectivity index (χ2v) is 4.98. The zero-order valence-electron chi connectivity index (χ0n) is 11.1. The van der Waals surface area contributed by atoms with Crippen molar-refractivity contribution in [3.8, 4) is 0 Å². The summed E-state index contributed by atoms with van der Waals surface area (Å²) >= 11 is 0. The number of hydrogen-bond donors (Lipinski definition) is 0. The first-order valence-electron chi connectivity index (χ1n) is 6.56. The molecule has 4 heteroatoms. The van der Waals surface area contributed by atoms with E-state index in [4.69, 9.17) is 0 Å². The summed E-state index contributed by atoms with van der Waals surface area (Å²) in [5, 5.41) is 0. The lowest BCUT2D eigenvalue weighted by atomic mass is 10.1. The quantitative estimate of drug-likeness (QED) is 0.723. The number of aromatic nitrogens is 1. The van der Waals surface area contributed by atoms with Gasteiger partial charge in [0.05, 0.1) is 0 Å². The number of amides is 1. The molecule has 1 fully saturated rings. The third-order valence-corrected chi connectivity index (χ3v) is 3.36. The highest BCUT2D eigenvalue weighted by atomic mass is 16.2. The van der Waals surface area contributed by atoms with Gasteiger partial charge in [-0.3, -0.25) is 9.59 Å². The fourth-order valence-corrected chi connectivity index (χ4v) is 2.01. The average molecular weight is 248 g/mol. The first kappa shape index (κ1) is 12.9. The molecule has 0 unspecified atom stereocenters. The molecule has 1 aromatic rings. The first-order valence-corrected chi connectivity index (χ1v) is 6.56. The molecule has 0 N–H and O–H groups in total. The van der Waals surface area contributed by atoms with Gasteiger partial charge in [0.15, 0.2) is 5.78 Å². The van der Waals surface area contributed by atoms with Gasteiger partial charge in [-0.2, -0.15) is 0 Å². The Morgan fingerprint density at radius 2 is 2.17 bits per heavy atom. The molecule has 1 heterocycles. The fourth-order valence-electron chi connectivity index (χ4n) is 2.01. The summed E-state index contributed by atoms with van der Waals surface area (Å²) in [6, 6.07) is 2.23. The van der Waals surface area contributed by atoms with E-state index in [1.165, 1.54) is 0 Å². The summed E-state index contributed by atoms with van der Waals surface area (Å²) in [5.41, 5.74) is 0.707. The van der Waals surface area contributed by atoms with Crippen LogP contribution in [0.2, 0.25) is 0 Å². The van der Waals surface area contributed by atoms with E-state index < -0.39 is 0 Å². The van der Waals surface area contributed by atoms with Crippen LogP contribution in [0.15, 0.2) is 18.5 Å². The van der Waals surface area contributed by atoms with E-state index in [1.54, 1.807) is 16.8 Å². The van der Waals surface area contributed by atoms with Crippen LogP contribution in [0.4, 0.5) is 0 Å². The minimum absolute atomic E-state index is 0.114. The van der Waals surface area contributed by atoms with Crippen LogP contribution in [0.25, 0.3) is 0 Å². The number of ketones is 1. The van der Waals surface area contributed by atoms with Gasteiger partial charge in [0.2, 0.25) is 5.91 Å². The number of Topliss-reactive ketones (excluding diaryl/α,β-unsaturated/α-hetero) is 1. The van der Waals surface area contributed by atoms with Gasteiger partial charge < -0.3 is 9.47 Å². The first-order chi connectivity index (χ1) is 8.61. The molecule has 1 amide bonds. The fraction of sp³-hybridized carbons (Fsp3) is 0.571. The number of carbonyl (C=O) groups excluding carboxylic acids is 2. The summed E-state index contributed by atoms with van der Waals surface area (Å²) in [6.45, 7) is 2.31. The largest absolute Gasteiger partial charge is 0.344 e. The zero-order chi connectivity index (χ0) is 13.1. The van der Waals surface area contributed by atoms with E-state index in [9.17, 15) is 9.59 Å². The highest BCUT2D eigenvalue weighted by molar-refractivity contribution is 5.95. The number of nitrogens with zero attached hydrogens (tertiary/aromatic N) is 2. The van der Waals surface area contributed by atoms with Crippen molar-refractivity contribution in [2.24, 2.45) is 0 Å². The molecule has 1 aliphatic carbocycles. The average Bonchev–Trinajstić information content (AvgIpc) is 3.09. The molecule has 0 bridgehead atoms. The molecule has 0 saturated heterocycles. The van der Waals surface area contributed by atoms with Crippen LogP contribution < -0.4 is 0 Å². The Kier molecular flexibility index (Phi) is 3.84. The van der Waals surface area contributed by atoms with E-state index in [2.05, 4.69) is 0 Å². The molecule has 18 heavy (non-hydrogen) atoms. The maximum Gasteiger partial charge on any atom is 0.242 e. The monoisotopic (exact) mass is 248 g/mol. The van der Waals surface area contributed by atoms with Crippen LogP contribution in [0.1, 0.15) is 43.0 Å². The van der Waals surface area contributed by atoms with Crippen LogP contribution in [-0.4, -0.2) is 34.2 Å². The van der Waals surface area contributed by atoms with E-state index >= 15 is 0 Å². The molecule has 1 aliphatic rings. The lowest BCUT2D eigenvalue weighted by Gasteiger charge is -2.16. The third kappa shape index (κ3) is 3.00. The number of rotatable bonds is 6. The molecule has 0 radical (unpaired) electrons. The molecule has 98 valence electrons. The van der Waals surface area contributed by atoms with Crippen molar-refractivity contribution in [1.82, 2.24) is 9.47 Å². The van der Waals surface area contributed by atoms with Gasteiger partial charge in [-0.15, -0.1) is 0 Å². The Morgan fingerprint density at radius 3 is 2.78 bits per heavy atom. The topological polar surface area (TPSA) is 42.3 Å². The minimum Gasteiger partial charge on any atom is -0.344 e. The van der Waals surface area contributed by atoms with Gasteiger partial charge in [-0.1, -0.05) is 6.92 Å². The Hall–Kier alpha value is -1.58. The van der Waals surface area contributed by atoms with Crippen molar-refractivity contribution in [2.45, 2.75) is 45.2 Å². The predicted molar refractivity (Wildman–Crippen MR) is 69.5 cm³/mol. The van der Waals surface area contributed by atoms with E-state index in [0.29, 0.717) is 24.6 Å². The molecule has 0 aromatic carbocycles. The number of likely N-dealkylation sites (N-methyl/N-ethyl adjacent to an activating group) is 1. The molecule has 0 atom stereocenters. The Balaban J connectivity index is 1.93. The van der Waals surface area contributed by atoms with E-state index in [0.717, 1.165) is 19.3 Å².